The summed E-state index contributed by atoms with van der Waals surface area (Å²) in [5, 5.41) is 21.3. The molecule has 3 aromatic carbocycles. The summed E-state index contributed by atoms with van der Waals surface area (Å²) in [5.74, 6) is -0.649. The summed E-state index contributed by atoms with van der Waals surface area (Å²) in [5.41, 5.74) is 2.09. The van der Waals surface area contributed by atoms with Gasteiger partial charge < -0.3 is 5.32 Å². The van der Waals surface area contributed by atoms with Crippen LogP contribution in [0.15, 0.2) is 78.9 Å². The molecule has 1 unspecified atom stereocenters. The first kappa shape index (κ1) is 22.2. The van der Waals surface area contributed by atoms with E-state index < -0.39 is 16.9 Å². The number of allylic oxidation sites excluding steroid dienone is 1. The number of hydrogen-bond acceptors (Lipinski definition) is 6. The van der Waals surface area contributed by atoms with E-state index >= 15 is 0 Å². The van der Waals surface area contributed by atoms with Gasteiger partial charge in [0.1, 0.15) is 16.9 Å². The van der Waals surface area contributed by atoms with Crippen LogP contribution in [0, 0.1) is 15.9 Å². The smallest absolute Gasteiger partial charge is 0.288 e. The molecule has 0 saturated carbocycles. The normalized spacial score (nSPS) is 14.5. The SMILES string of the molecule is O=C(Nc1nc2n(n1)C(c1ccc(F)cc1)C=C(c1ccccc1)N2)c1ccc(Cl)c([N+](=O)[O-])c1. The minimum atomic E-state index is -0.666. The lowest BCUT2D eigenvalue weighted by Crippen LogP contribution is -2.20. The van der Waals surface area contributed by atoms with E-state index in [1.165, 1.54) is 24.3 Å². The minimum absolute atomic E-state index is 0.00933. The van der Waals surface area contributed by atoms with Gasteiger partial charge in [-0.25, -0.2) is 9.07 Å². The van der Waals surface area contributed by atoms with Gasteiger partial charge in [-0.1, -0.05) is 54.1 Å². The largest absolute Gasteiger partial charge is 0.324 e. The number of aromatic nitrogens is 3. The van der Waals surface area contributed by atoms with Crippen LogP contribution in [0.5, 0.6) is 0 Å². The number of nitro benzene ring substituents is 1. The number of benzene rings is 3. The van der Waals surface area contributed by atoms with E-state index in [1.807, 2.05) is 36.4 Å². The first-order chi connectivity index (χ1) is 16.9. The molecule has 0 aliphatic carbocycles. The maximum absolute atomic E-state index is 13.5. The molecule has 1 aromatic heterocycles. The number of rotatable bonds is 5. The Bertz CT molecular complexity index is 1470. The number of nitrogens with one attached hydrogen (secondary N) is 2. The molecule has 2 N–H and O–H groups in total. The molecule has 0 saturated heterocycles. The van der Waals surface area contributed by atoms with Crippen LogP contribution >= 0.6 is 11.6 Å². The zero-order valence-electron chi connectivity index (χ0n) is 17.9. The molecule has 9 nitrogen and oxygen atoms in total. The van der Waals surface area contributed by atoms with E-state index in [0.29, 0.717) is 5.95 Å². The van der Waals surface area contributed by atoms with Gasteiger partial charge in [-0.05, 0) is 41.5 Å². The highest BCUT2D eigenvalue weighted by molar-refractivity contribution is 6.32. The van der Waals surface area contributed by atoms with Crippen LogP contribution in [0.25, 0.3) is 5.70 Å². The van der Waals surface area contributed by atoms with Crippen LogP contribution < -0.4 is 10.6 Å². The van der Waals surface area contributed by atoms with Crippen molar-refractivity contribution in [2.75, 3.05) is 10.6 Å². The van der Waals surface area contributed by atoms with Crippen LogP contribution in [0.1, 0.15) is 27.5 Å². The van der Waals surface area contributed by atoms with Gasteiger partial charge in [0.2, 0.25) is 5.95 Å². The lowest BCUT2D eigenvalue weighted by atomic mass is 10.0. The van der Waals surface area contributed by atoms with Gasteiger partial charge in [-0.2, -0.15) is 4.98 Å². The number of hydrogen-bond donors (Lipinski definition) is 2. The van der Waals surface area contributed by atoms with E-state index in [-0.39, 0.29) is 28.0 Å². The molecule has 1 aliphatic heterocycles. The molecular weight excluding hydrogens is 475 g/mol. The lowest BCUT2D eigenvalue weighted by molar-refractivity contribution is -0.384. The van der Waals surface area contributed by atoms with Crippen LogP contribution in [-0.4, -0.2) is 25.6 Å². The minimum Gasteiger partial charge on any atom is -0.324 e. The van der Waals surface area contributed by atoms with Crippen molar-refractivity contribution in [2.24, 2.45) is 0 Å². The van der Waals surface area contributed by atoms with Crippen molar-refractivity contribution >= 4 is 40.8 Å². The Kier molecular flexibility index (Phi) is 5.71. The summed E-state index contributed by atoms with van der Waals surface area (Å²) in [7, 11) is 0. The summed E-state index contributed by atoms with van der Waals surface area (Å²) < 4.78 is 15.1. The predicted molar refractivity (Wildman–Crippen MR) is 129 cm³/mol. The van der Waals surface area contributed by atoms with E-state index in [9.17, 15) is 19.3 Å². The number of nitrogens with zero attached hydrogens (tertiary/aromatic N) is 4. The van der Waals surface area contributed by atoms with Gasteiger partial charge in [-0.15, -0.1) is 5.10 Å². The average Bonchev–Trinajstić information content (AvgIpc) is 3.27. The molecular formula is C24H16ClFN6O3. The monoisotopic (exact) mass is 490 g/mol. The number of fused-ring (bicyclic) bond motifs is 1. The van der Waals surface area contributed by atoms with Crippen molar-refractivity contribution in [3.63, 3.8) is 0 Å². The first-order valence-electron chi connectivity index (χ1n) is 10.4. The van der Waals surface area contributed by atoms with Crippen LogP contribution in [0.2, 0.25) is 5.02 Å². The van der Waals surface area contributed by atoms with Crippen molar-refractivity contribution in [3.8, 4) is 0 Å². The van der Waals surface area contributed by atoms with Gasteiger partial charge in [0.05, 0.1) is 4.92 Å². The molecule has 174 valence electrons. The van der Waals surface area contributed by atoms with Gasteiger partial charge in [0.15, 0.2) is 0 Å². The van der Waals surface area contributed by atoms with E-state index in [1.54, 1.807) is 16.8 Å². The Morgan fingerprint density at radius 2 is 1.86 bits per heavy atom. The van der Waals surface area contributed by atoms with Crippen LogP contribution in [-0.2, 0) is 0 Å². The molecule has 0 bridgehead atoms. The Balaban J connectivity index is 1.49. The second kappa shape index (κ2) is 8.99. The number of halogens is 2. The van der Waals surface area contributed by atoms with Crippen molar-refractivity contribution in [1.82, 2.24) is 14.8 Å². The third-order valence-electron chi connectivity index (χ3n) is 5.39. The number of carbonyl (C=O) groups excluding carboxylic acids is 1. The van der Waals surface area contributed by atoms with Crippen molar-refractivity contribution in [2.45, 2.75) is 6.04 Å². The molecule has 0 radical (unpaired) electrons. The fourth-order valence-corrected chi connectivity index (χ4v) is 3.88. The van der Waals surface area contributed by atoms with Gasteiger partial charge >= 0.3 is 0 Å². The zero-order chi connectivity index (χ0) is 24.5. The molecule has 5 rings (SSSR count). The highest BCUT2D eigenvalue weighted by Gasteiger charge is 2.26. The number of amides is 1. The molecule has 2 heterocycles. The summed E-state index contributed by atoms with van der Waals surface area (Å²) >= 11 is 5.83. The highest BCUT2D eigenvalue weighted by atomic mass is 35.5. The number of carbonyl (C=O) groups is 1. The third-order valence-corrected chi connectivity index (χ3v) is 5.71. The van der Waals surface area contributed by atoms with Gasteiger partial charge in [-0.3, -0.25) is 20.2 Å². The van der Waals surface area contributed by atoms with Gasteiger partial charge in [0, 0.05) is 17.3 Å². The van der Waals surface area contributed by atoms with Gasteiger partial charge in [0.25, 0.3) is 17.5 Å². The van der Waals surface area contributed by atoms with Crippen LogP contribution in [0.3, 0.4) is 0 Å². The Morgan fingerprint density at radius 1 is 1.11 bits per heavy atom. The van der Waals surface area contributed by atoms with E-state index in [0.717, 1.165) is 22.9 Å². The number of anilines is 2. The second-order valence-electron chi connectivity index (χ2n) is 7.65. The summed E-state index contributed by atoms with van der Waals surface area (Å²) in [6.07, 6.45) is 1.93. The maximum Gasteiger partial charge on any atom is 0.288 e. The first-order valence-corrected chi connectivity index (χ1v) is 10.8. The van der Waals surface area contributed by atoms with E-state index in [2.05, 4.69) is 20.7 Å². The summed E-state index contributed by atoms with van der Waals surface area (Å²) in [6, 6.07) is 18.9. The fraction of sp³-hybridized carbons (Fsp3) is 0.0417. The molecule has 11 heteroatoms. The molecule has 1 atom stereocenters. The standard InChI is InChI=1S/C24H16ClFN6O3/c25-18-11-8-16(12-21(18)32(34)35)22(33)28-23-29-24-27-19(14-4-2-1-3-5-14)13-20(31(24)30-23)15-6-9-17(26)10-7-15/h1-13,20H,(H2,27,28,29,30,33). The third kappa shape index (κ3) is 4.46. The molecule has 0 fully saturated rings. The fourth-order valence-electron chi connectivity index (χ4n) is 3.70. The Hall–Kier alpha value is -4.57. The van der Waals surface area contributed by atoms with Crippen LogP contribution in [0.4, 0.5) is 22.0 Å². The lowest BCUT2D eigenvalue weighted by Gasteiger charge is -2.24. The zero-order valence-corrected chi connectivity index (χ0v) is 18.6. The molecule has 4 aromatic rings. The predicted octanol–water partition coefficient (Wildman–Crippen LogP) is 5.29. The maximum atomic E-state index is 13.5. The van der Waals surface area contributed by atoms with Crippen molar-refractivity contribution in [3.05, 3.63) is 117 Å². The molecule has 1 amide bonds. The highest BCUT2D eigenvalue weighted by Crippen LogP contribution is 2.33. The summed E-state index contributed by atoms with van der Waals surface area (Å²) in [6.45, 7) is 0. The van der Waals surface area contributed by atoms with Crippen molar-refractivity contribution in [1.29, 1.82) is 0 Å². The molecule has 1 aliphatic rings. The van der Waals surface area contributed by atoms with Crippen molar-refractivity contribution < 1.29 is 14.1 Å². The Morgan fingerprint density at radius 3 is 2.57 bits per heavy atom. The number of nitro groups is 1. The average molecular weight is 491 g/mol. The van der Waals surface area contributed by atoms with E-state index in [4.69, 9.17) is 11.6 Å². The topological polar surface area (TPSA) is 115 Å². The second-order valence-corrected chi connectivity index (χ2v) is 8.06. The molecule has 0 spiro atoms. The quantitative estimate of drug-likeness (QED) is 0.290. The molecule has 35 heavy (non-hydrogen) atoms. The summed E-state index contributed by atoms with van der Waals surface area (Å²) in [4.78, 5) is 27.6. The Labute approximate surface area is 203 Å².